The van der Waals surface area contributed by atoms with Gasteiger partial charge in [0.05, 0.1) is 13.2 Å². The fourth-order valence-corrected chi connectivity index (χ4v) is 3.54. The molecule has 6 heteroatoms. The fraction of sp³-hybridized carbons (Fsp3) is 0.429. The number of hydrogen-bond donors (Lipinski definition) is 1. The zero-order chi connectivity index (χ0) is 18.5. The molecule has 0 bridgehead atoms. The predicted octanol–water partition coefficient (Wildman–Crippen LogP) is 2.10. The van der Waals surface area contributed by atoms with Crippen molar-refractivity contribution in [3.05, 3.63) is 53.2 Å². The molecule has 2 heterocycles. The van der Waals surface area contributed by atoms with E-state index in [1.807, 2.05) is 24.4 Å². The van der Waals surface area contributed by atoms with Gasteiger partial charge < -0.3 is 19.7 Å². The second-order valence-corrected chi connectivity index (χ2v) is 6.97. The molecule has 1 aliphatic heterocycles. The topological polar surface area (TPSA) is 63.7 Å². The quantitative estimate of drug-likeness (QED) is 0.847. The van der Waals surface area contributed by atoms with Crippen LogP contribution in [0.25, 0.3) is 0 Å². The number of benzene rings is 1. The van der Waals surface area contributed by atoms with Crippen LogP contribution in [0, 0.1) is 0 Å². The fourth-order valence-electron chi connectivity index (χ4n) is 3.54. The van der Waals surface area contributed by atoms with Gasteiger partial charge in [0.2, 0.25) is 0 Å². The van der Waals surface area contributed by atoms with Crippen molar-refractivity contribution in [1.29, 1.82) is 0 Å². The number of nitrogens with zero attached hydrogens (tertiary/aromatic N) is 2. The molecule has 142 valence electrons. The molecule has 27 heavy (non-hydrogen) atoms. The molecule has 2 aromatic rings. The summed E-state index contributed by atoms with van der Waals surface area (Å²) in [5.74, 6) is 1.59. The number of fused-ring (bicyclic) bond motifs is 1. The third-order valence-corrected chi connectivity index (χ3v) is 5.07. The number of rotatable bonds is 6. The molecule has 0 radical (unpaired) electrons. The van der Waals surface area contributed by atoms with Crippen LogP contribution in [0.3, 0.4) is 0 Å². The molecule has 0 atom stereocenters. The average Bonchev–Trinajstić information content (AvgIpc) is 3.19. The summed E-state index contributed by atoms with van der Waals surface area (Å²) in [5.41, 5.74) is 3.72. The number of aryl methyl sites for hydroxylation is 2. The zero-order valence-corrected chi connectivity index (χ0v) is 15.4. The van der Waals surface area contributed by atoms with Crippen molar-refractivity contribution in [2.24, 2.45) is 0 Å². The molecule has 0 saturated carbocycles. The monoisotopic (exact) mass is 367 g/mol. The van der Waals surface area contributed by atoms with E-state index in [1.165, 1.54) is 17.5 Å². The molecule has 1 aliphatic carbocycles. The van der Waals surface area contributed by atoms with E-state index in [4.69, 9.17) is 9.47 Å². The molecule has 0 spiro atoms. The second-order valence-electron chi connectivity index (χ2n) is 6.97. The number of pyridine rings is 1. The van der Waals surface area contributed by atoms with Crippen molar-refractivity contribution in [2.75, 3.05) is 37.8 Å². The maximum absolute atomic E-state index is 12.1. The summed E-state index contributed by atoms with van der Waals surface area (Å²) in [5, 5.41) is 2.88. The summed E-state index contributed by atoms with van der Waals surface area (Å²) >= 11 is 0. The van der Waals surface area contributed by atoms with Gasteiger partial charge in [-0.05, 0) is 54.2 Å². The maximum Gasteiger partial charge on any atom is 0.258 e. The van der Waals surface area contributed by atoms with Crippen molar-refractivity contribution < 1.29 is 14.3 Å². The van der Waals surface area contributed by atoms with Crippen LogP contribution in [0.4, 0.5) is 5.82 Å². The minimum atomic E-state index is -0.132. The van der Waals surface area contributed by atoms with Gasteiger partial charge in [0.1, 0.15) is 11.6 Å². The predicted molar refractivity (Wildman–Crippen MR) is 103 cm³/mol. The third-order valence-electron chi connectivity index (χ3n) is 5.07. The maximum atomic E-state index is 12.1. The van der Waals surface area contributed by atoms with Crippen LogP contribution in [-0.2, 0) is 28.9 Å². The standard InChI is InChI=1S/C21H25N3O3/c25-21(15-27-19-6-5-17-2-1-3-18(17)12-19)23-14-16-4-7-20(22-13-16)24-8-10-26-11-9-24/h4-7,12-13H,1-3,8-11,14-15H2,(H,23,25). The van der Waals surface area contributed by atoms with Crippen molar-refractivity contribution in [3.63, 3.8) is 0 Å². The summed E-state index contributed by atoms with van der Waals surface area (Å²) in [6, 6.07) is 10.1. The first-order valence-corrected chi connectivity index (χ1v) is 9.57. The van der Waals surface area contributed by atoms with E-state index in [0.717, 1.165) is 56.3 Å². The number of hydrogen-bond acceptors (Lipinski definition) is 5. The first-order chi connectivity index (χ1) is 13.3. The highest BCUT2D eigenvalue weighted by molar-refractivity contribution is 5.77. The molecule has 0 unspecified atom stereocenters. The van der Waals surface area contributed by atoms with Gasteiger partial charge >= 0.3 is 0 Å². The lowest BCUT2D eigenvalue weighted by Crippen LogP contribution is -2.36. The van der Waals surface area contributed by atoms with Gasteiger partial charge in [-0.15, -0.1) is 0 Å². The number of carbonyl (C=O) groups excluding carboxylic acids is 1. The lowest BCUT2D eigenvalue weighted by Gasteiger charge is -2.27. The van der Waals surface area contributed by atoms with Crippen molar-refractivity contribution in [2.45, 2.75) is 25.8 Å². The summed E-state index contributed by atoms with van der Waals surface area (Å²) < 4.78 is 11.0. The van der Waals surface area contributed by atoms with E-state index in [-0.39, 0.29) is 12.5 Å². The summed E-state index contributed by atoms with van der Waals surface area (Å²) in [6.07, 6.45) is 5.27. The Morgan fingerprint density at radius 1 is 1.15 bits per heavy atom. The lowest BCUT2D eigenvalue weighted by atomic mass is 10.1. The van der Waals surface area contributed by atoms with Gasteiger partial charge in [0.25, 0.3) is 5.91 Å². The number of carbonyl (C=O) groups is 1. The molecule has 1 fully saturated rings. The van der Waals surface area contributed by atoms with Crippen LogP contribution in [0.5, 0.6) is 5.75 Å². The molecule has 1 N–H and O–H groups in total. The van der Waals surface area contributed by atoms with Gasteiger partial charge in [-0.3, -0.25) is 4.79 Å². The highest BCUT2D eigenvalue weighted by atomic mass is 16.5. The molecule has 1 saturated heterocycles. The molecule has 1 aromatic carbocycles. The first kappa shape index (κ1) is 17.8. The summed E-state index contributed by atoms with van der Waals surface area (Å²) in [7, 11) is 0. The van der Waals surface area contributed by atoms with Gasteiger partial charge in [0, 0.05) is 25.8 Å². The number of ether oxygens (including phenoxy) is 2. The smallest absolute Gasteiger partial charge is 0.258 e. The third kappa shape index (κ3) is 4.57. The number of aromatic nitrogens is 1. The summed E-state index contributed by atoms with van der Waals surface area (Å²) in [6.45, 7) is 3.68. The lowest BCUT2D eigenvalue weighted by molar-refractivity contribution is -0.123. The number of nitrogens with one attached hydrogen (secondary N) is 1. The summed E-state index contributed by atoms with van der Waals surface area (Å²) in [4.78, 5) is 18.8. The molecule has 1 amide bonds. The number of anilines is 1. The number of morpholine rings is 1. The molecule has 1 aromatic heterocycles. The Morgan fingerprint density at radius 2 is 2.00 bits per heavy atom. The Hall–Kier alpha value is -2.60. The largest absolute Gasteiger partial charge is 0.484 e. The second kappa shape index (κ2) is 8.39. The van der Waals surface area contributed by atoms with Crippen LogP contribution >= 0.6 is 0 Å². The molecular formula is C21H25N3O3. The minimum Gasteiger partial charge on any atom is -0.484 e. The highest BCUT2D eigenvalue weighted by Crippen LogP contribution is 2.25. The van der Waals surface area contributed by atoms with Crippen molar-refractivity contribution in [3.8, 4) is 5.75 Å². The van der Waals surface area contributed by atoms with E-state index in [1.54, 1.807) is 0 Å². The highest BCUT2D eigenvalue weighted by Gasteiger charge is 2.13. The van der Waals surface area contributed by atoms with E-state index in [9.17, 15) is 4.79 Å². The van der Waals surface area contributed by atoms with E-state index in [2.05, 4.69) is 27.3 Å². The zero-order valence-electron chi connectivity index (χ0n) is 15.4. The van der Waals surface area contributed by atoms with Crippen LogP contribution in [0.2, 0.25) is 0 Å². The SMILES string of the molecule is O=C(COc1ccc2c(c1)CCC2)NCc1ccc(N2CCOCC2)nc1. The van der Waals surface area contributed by atoms with Gasteiger partial charge in [0.15, 0.2) is 6.61 Å². The van der Waals surface area contributed by atoms with Crippen LogP contribution < -0.4 is 15.0 Å². The van der Waals surface area contributed by atoms with E-state index >= 15 is 0 Å². The van der Waals surface area contributed by atoms with Crippen molar-refractivity contribution >= 4 is 11.7 Å². The van der Waals surface area contributed by atoms with Gasteiger partial charge in [-0.25, -0.2) is 4.98 Å². The van der Waals surface area contributed by atoms with E-state index < -0.39 is 0 Å². The number of amides is 1. The molecule has 2 aliphatic rings. The average molecular weight is 367 g/mol. The Bertz CT molecular complexity index is 786. The van der Waals surface area contributed by atoms with Crippen LogP contribution in [0.15, 0.2) is 36.5 Å². The Balaban J connectivity index is 1.23. The normalized spacial score (nSPS) is 16.1. The molecular weight excluding hydrogens is 342 g/mol. The van der Waals surface area contributed by atoms with Crippen molar-refractivity contribution in [1.82, 2.24) is 10.3 Å². The molecule has 4 rings (SSSR count). The Labute approximate surface area is 159 Å². The Kier molecular flexibility index (Phi) is 5.53. The van der Waals surface area contributed by atoms with Crippen LogP contribution in [0.1, 0.15) is 23.1 Å². The van der Waals surface area contributed by atoms with Gasteiger partial charge in [-0.1, -0.05) is 12.1 Å². The Morgan fingerprint density at radius 3 is 2.81 bits per heavy atom. The minimum absolute atomic E-state index is 0.0259. The first-order valence-electron chi connectivity index (χ1n) is 9.57. The molecule has 6 nitrogen and oxygen atoms in total. The van der Waals surface area contributed by atoms with Gasteiger partial charge in [-0.2, -0.15) is 0 Å². The van der Waals surface area contributed by atoms with Crippen LogP contribution in [-0.4, -0.2) is 43.8 Å². The van der Waals surface area contributed by atoms with E-state index in [0.29, 0.717) is 6.54 Å².